The third-order valence-corrected chi connectivity index (χ3v) is 1.84. The van der Waals surface area contributed by atoms with Gasteiger partial charge in [0.15, 0.2) is 0 Å². The molecule has 0 aliphatic rings. The molecule has 1 heterocycles. The van der Waals surface area contributed by atoms with Crippen molar-refractivity contribution in [3.8, 4) is 0 Å². The Morgan fingerprint density at radius 2 is 2.31 bits per heavy atom. The van der Waals surface area contributed by atoms with Crippen LogP contribution in [0.5, 0.6) is 0 Å². The molecule has 0 aliphatic carbocycles. The van der Waals surface area contributed by atoms with E-state index in [4.69, 9.17) is 9.15 Å². The van der Waals surface area contributed by atoms with E-state index < -0.39 is 0 Å². The summed E-state index contributed by atoms with van der Waals surface area (Å²) in [6, 6.07) is 1.98. The van der Waals surface area contributed by atoms with Crippen LogP contribution in [-0.4, -0.2) is 13.2 Å². The number of furan rings is 1. The Bertz CT molecular complexity index is 210. The molecule has 0 atom stereocenters. The maximum atomic E-state index is 5.30. The van der Waals surface area contributed by atoms with Gasteiger partial charge in [0.1, 0.15) is 12.4 Å². The van der Waals surface area contributed by atoms with Crippen molar-refractivity contribution in [3.05, 3.63) is 23.7 Å². The van der Waals surface area contributed by atoms with E-state index in [9.17, 15) is 0 Å². The summed E-state index contributed by atoms with van der Waals surface area (Å²) in [5.74, 6) is 0.933. The van der Waals surface area contributed by atoms with Gasteiger partial charge in [0.25, 0.3) is 0 Å². The lowest BCUT2D eigenvalue weighted by Crippen LogP contribution is -2.12. The van der Waals surface area contributed by atoms with Gasteiger partial charge in [-0.15, -0.1) is 0 Å². The number of ether oxygens (including phenoxy) is 1. The molecule has 74 valence electrons. The third-order valence-electron chi connectivity index (χ3n) is 1.84. The first-order chi connectivity index (χ1) is 6.38. The van der Waals surface area contributed by atoms with E-state index in [2.05, 4.69) is 12.2 Å². The fraction of sp³-hybridized carbons (Fsp3) is 0.600. The molecule has 3 heteroatoms. The summed E-state index contributed by atoms with van der Waals surface area (Å²) in [7, 11) is 0. The molecule has 3 nitrogen and oxygen atoms in total. The van der Waals surface area contributed by atoms with Gasteiger partial charge in [-0.05, 0) is 19.5 Å². The SMILES string of the molecule is CCNCc1ccoc1COCC. The zero-order chi connectivity index (χ0) is 9.52. The summed E-state index contributed by atoms with van der Waals surface area (Å²) < 4.78 is 10.6. The highest BCUT2D eigenvalue weighted by Gasteiger charge is 2.04. The van der Waals surface area contributed by atoms with Crippen LogP contribution in [0.4, 0.5) is 0 Å². The normalized spacial score (nSPS) is 10.6. The molecule has 0 saturated heterocycles. The quantitative estimate of drug-likeness (QED) is 0.731. The zero-order valence-electron chi connectivity index (χ0n) is 8.30. The first-order valence-electron chi connectivity index (χ1n) is 4.72. The van der Waals surface area contributed by atoms with Crippen molar-refractivity contribution in [1.29, 1.82) is 0 Å². The van der Waals surface area contributed by atoms with E-state index in [-0.39, 0.29) is 0 Å². The predicted octanol–water partition coefficient (Wildman–Crippen LogP) is 1.93. The molecule has 0 spiro atoms. The molecular weight excluding hydrogens is 166 g/mol. The van der Waals surface area contributed by atoms with Crippen molar-refractivity contribution in [2.75, 3.05) is 13.2 Å². The highest BCUT2D eigenvalue weighted by atomic mass is 16.5. The van der Waals surface area contributed by atoms with Gasteiger partial charge in [-0.1, -0.05) is 6.92 Å². The maximum absolute atomic E-state index is 5.30. The Morgan fingerprint density at radius 3 is 3.00 bits per heavy atom. The summed E-state index contributed by atoms with van der Waals surface area (Å²) in [6.45, 7) is 7.19. The van der Waals surface area contributed by atoms with Crippen molar-refractivity contribution < 1.29 is 9.15 Å². The highest BCUT2D eigenvalue weighted by molar-refractivity contribution is 5.15. The second kappa shape index (κ2) is 5.78. The van der Waals surface area contributed by atoms with Crippen LogP contribution < -0.4 is 5.32 Å². The lowest BCUT2D eigenvalue weighted by molar-refractivity contribution is 0.117. The molecule has 13 heavy (non-hydrogen) atoms. The maximum Gasteiger partial charge on any atom is 0.133 e. The fourth-order valence-corrected chi connectivity index (χ4v) is 1.11. The van der Waals surface area contributed by atoms with Gasteiger partial charge in [-0.25, -0.2) is 0 Å². The Morgan fingerprint density at radius 1 is 1.46 bits per heavy atom. The van der Waals surface area contributed by atoms with Gasteiger partial charge in [0.2, 0.25) is 0 Å². The monoisotopic (exact) mass is 183 g/mol. The third kappa shape index (κ3) is 3.20. The summed E-state index contributed by atoms with van der Waals surface area (Å²) in [4.78, 5) is 0. The van der Waals surface area contributed by atoms with Crippen LogP contribution >= 0.6 is 0 Å². The smallest absolute Gasteiger partial charge is 0.133 e. The van der Waals surface area contributed by atoms with E-state index in [1.807, 2.05) is 13.0 Å². The van der Waals surface area contributed by atoms with Gasteiger partial charge < -0.3 is 14.5 Å². The van der Waals surface area contributed by atoms with Crippen molar-refractivity contribution in [2.24, 2.45) is 0 Å². The molecular formula is C10H17NO2. The number of rotatable bonds is 6. The summed E-state index contributed by atoms with van der Waals surface area (Å²) >= 11 is 0. The van der Waals surface area contributed by atoms with Crippen LogP contribution in [0.15, 0.2) is 16.7 Å². The highest BCUT2D eigenvalue weighted by Crippen LogP contribution is 2.11. The van der Waals surface area contributed by atoms with Crippen LogP contribution in [0, 0.1) is 0 Å². The predicted molar refractivity (Wildman–Crippen MR) is 51.4 cm³/mol. The number of hydrogen-bond acceptors (Lipinski definition) is 3. The second-order valence-corrected chi connectivity index (χ2v) is 2.79. The molecule has 0 aliphatic heterocycles. The first-order valence-corrected chi connectivity index (χ1v) is 4.72. The van der Waals surface area contributed by atoms with Crippen LogP contribution in [-0.2, 0) is 17.9 Å². The van der Waals surface area contributed by atoms with E-state index >= 15 is 0 Å². The minimum Gasteiger partial charge on any atom is -0.467 e. The van der Waals surface area contributed by atoms with E-state index in [1.54, 1.807) is 6.26 Å². The van der Waals surface area contributed by atoms with Crippen molar-refractivity contribution in [2.45, 2.75) is 27.0 Å². The Balaban J connectivity index is 2.45. The molecule has 0 bridgehead atoms. The molecule has 0 unspecified atom stereocenters. The van der Waals surface area contributed by atoms with Crippen LogP contribution in [0.25, 0.3) is 0 Å². The lowest BCUT2D eigenvalue weighted by atomic mass is 10.2. The van der Waals surface area contributed by atoms with Gasteiger partial charge in [0.05, 0.1) is 6.26 Å². The molecule has 1 rings (SSSR count). The standard InChI is InChI=1S/C10H17NO2/c1-3-11-7-9-5-6-13-10(9)8-12-4-2/h5-6,11H,3-4,7-8H2,1-2H3. The molecule has 0 fully saturated rings. The molecule has 1 N–H and O–H groups in total. The van der Waals surface area contributed by atoms with Gasteiger partial charge in [-0.3, -0.25) is 0 Å². The van der Waals surface area contributed by atoms with E-state index in [1.165, 1.54) is 5.56 Å². The summed E-state index contributed by atoms with van der Waals surface area (Å²) in [6.07, 6.45) is 1.71. The summed E-state index contributed by atoms with van der Waals surface area (Å²) in [5.41, 5.74) is 1.19. The molecule has 0 radical (unpaired) electrons. The minimum absolute atomic E-state index is 0.574. The molecule has 1 aromatic heterocycles. The van der Waals surface area contributed by atoms with Crippen LogP contribution in [0.2, 0.25) is 0 Å². The summed E-state index contributed by atoms with van der Waals surface area (Å²) in [5, 5.41) is 3.25. The zero-order valence-corrected chi connectivity index (χ0v) is 8.30. The van der Waals surface area contributed by atoms with Crippen molar-refractivity contribution >= 4 is 0 Å². The largest absolute Gasteiger partial charge is 0.467 e. The molecule has 0 amide bonds. The molecule has 1 aromatic rings. The van der Waals surface area contributed by atoms with E-state index in [0.29, 0.717) is 6.61 Å². The number of hydrogen-bond donors (Lipinski definition) is 1. The average Bonchev–Trinajstić information content (AvgIpc) is 2.59. The Hall–Kier alpha value is -0.800. The van der Waals surface area contributed by atoms with Gasteiger partial charge in [0, 0.05) is 18.7 Å². The first kappa shape index (κ1) is 10.3. The minimum atomic E-state index is 0.574. The lowest BCUT2D eigenvalue weighted by Gasteiger charge is -2.02. The van der Waals surface area contributed by atoms with E-state index in [0.717, 1.165) is 25.5 Å². The van der Waals surface area contributed by atoms with Gasteiger partial charge >= 0.3 is 0 Å². The number of nitrogens with one attached hydrogen (secondary N) is 1. The molecule has 0 aromatic carbocycles. The second-order valence-electron chi connectivity index (χ2n) is 2.79. The average molecular weight is 183 g/mol. The van der Waals surface area contributed by atoms with Crippen molar-refractivity contribution in [1.82, 2.24) is 5.32 Å². The Kier molecular flexibility index (Phi) is 4.57. The topological polar surface area (TPSA) is 34.4 Å². The fourth-order valence-electron chi connectivity index (χ4n) is 1.11. The van der Waals surface area contributed by atoms with Crippen LogP contribution in [0.3, 0.4) is 0 Å². The van der Waals surface area contributed by atoms with Gasteiger partial charge in [-0.2, -0.15) is 0 Å². The van der Waals surface area contributed by atoms with Crippen molar-refractivity contribution in [3.63, 3.8) is 0 Å². The van der Waals surface area contributed by atoms with Crippen LogP contribution in [0.1, 0.15) is 25.2 Å². The Labute approximate surface area is 79.1 Å². The molecule has 0 saturated carbocycles.